The smallest absolute Gasteiger partial charge is 0.430 e. The predicted molar refractivity (Wildman–Crippen MR) is 195 cm³/mol. The molecule has 0 bridgehead atoms. The van der Waals surface area contributed by atoms with Crippen LogP contribution in [0.3, 0.4) is 0 Å². The van der Waals surface area contributed by atoms with E-state index in [0.717, 1.165) is 41.5 Å². The number of carbonyl (C=O) groups is 4. The number of phenols is 1. The number of halogens is 3. The predicted octanol–water partition coefficient (Wildman–Crippen LogP) is 4.79. The molecule has 3 atom stereocenters. The molecule has 0 saturated carbocycles. The molecule has 300 valence electrons. The SMILES string of the molecule is CCC[N+]1(Cc2ccc(OC)c(OC)c2)CCC[C@@H](N(C(=O)Nc2ccc(C(=O)OC(C)C)cc2)[C@@H](Cc2ccc(O)cc2)C(N)=O)C1.O=C([O-])C(F)(F)F. The largest absolute Gasteiger partial charge is 0.542 e. The maximum absolute atomic E-state index is 14.3. The highest BCUT2D eigenvalue weighted by Gasteiger charge is 2.43. The zero-order valence-electron chi connectivity index (χ0n) is 31.6. The second-order valence-corrected chi connectivity index (χ2v) is 13.6. The molecule has 0 aliphatic carbocycles. The number of carboxylic acids is 1. The lowest BCUT2D eigenvalue weighted by molar-refractivity contribution is -0.946. The number of carbonyl (C=O) groups excluding carboxylic acids is 4. The molecule has 16 heteroatoms. The number of esters is 1. The van der Waals surface area contributed by atoms with Gasteiger partial charge in [-0.1, -0.05) is 19.1 Å². The average molecular weight is 775 g/mol. The van der Waals surface area contributed by atoms with Crippen molar-refractivity contribution in [1.29, 1.82) is 0 Å². The molecule has 13 nitrogen and oxygen atoms in total. The number of aromatic hydroxyl groups is 1. The topological polar surface area (TPSA) is 181 Å². The van der Waals surface area contributed by atoms with Crippen LogP contribution in [0.15, 0.2) is 66.7 Å². The second kappa shape index (κ2) is 19.7. The number of likely N-dealkylation sites (tertiary alicyclic amines) is 1. The number of carboxylic acid groups (broad SMARTS) is 1. The van der Waals surface area contributed by atoms with Gasteiger partial charge in [0.1, 0.15) is 24.3 Å². The number of rotatable bonds is 14. The molecular formula is C39H49F3N4O9. The van der Waals surface area contributed by atoms with Gasteiger partial charge in [-0.2, -0.15) is 13.2 Å². The molecule has 1 aliphatic rings. The number of anilines is 1. The Hall–Kier alpha value is -5.51. The zero-order valence-corrected chi connectivity index (χ0v) is 31.6. The fourth-order valence-corrected chi connectivity index (χ4v) is 6.70. The van der Waals surface area contributed by atoms with Crippen LogP contribution >= 0.6 is 0 Å². The molecule has 3 aromatic rings. The highest BCUT2D eigenvalue weighted by Crippen LogP contribution is 2.33. The van der Waals surface area contributed by atoms with Gasteiger partial charge in [-0.15, -0.1) is 0 Å². The van der Waals surface area contributed by atoms with E-state index in [1.807, 2.05) is 18.2 Å². The number of ether oxygens (including phenoxy) is 3. The van der Waals surface area contributed by atoms with Crippen molar-refractivity contribution in [1.82, 2.24) is 4.90 Å². The number of primary amides is 1. The van der Waals surface area contributed by atoms with E-state index in [4.69, 9.17) is 29.8 Å². The minimum atomic E-state index is -5.19. The Morgan fingerprint density at radius 2 is 1.58 bits per heavy atom. The summed E-state index contributed by atoms with van der Waals surface area (Å²) in [6.07, 6.45) is -2.79. The summed E-state index contributed by atoms with van der Waals surface area (Å²) in [5.74, 6) is -2.66. The molecule has 3 aromatic carbocycles. The Labute approximate surface area is 318 Å². The van der Waals surface area contributed by atoms with E-state index in [1.165, 1.54) is 0 Å². The highest BCUT2D eigenvalue weighted by atomic mass is 19.4. The monoisotopic (exact) mass is 774 g/mol. The minimum Gasteiger partial charge on any atom is -0.542 e. The number of hydrogen-bond acceptors (Lipinski definition) is 9. The van der Waals surface area contributed by atoms with Crippen LogP contribution in [-0.4, -0.2) is 96.6 Å². The summed E-state index contributed by atoms with van der Waals surface area (Å²) < 4.78 is 48.6. The van der Waals surface area contributed by atoms with Crippen LogP contribution in [0.25, 0.3) is 0 Å². The van der Waals surface area contributed by atoms with Crippen molar-refractivity contribution in [3.8, 4) is 17.2 Å². The van der Waals surface area contributed by atoms with Crippen LogP contribution < -0.4 is 25.6 Å². The Bertz CT molecular complexity index is 1750. The van der Waals surface area contributed by atoms with Crippen molar-refractivity contribution in [2.45, 2.75) is 77.4 Å². The van der Waals surface area contributed by atoms with Crippen LogP contribution in [0.4, 0.5) is 23.7 Å². The van der Waals surface area contributed by atoms with E-state index in [0.29, 0.717) is 42.3 Å². The van der Waals surface area contributed by atoms with Gasteiger partial charge in [-0.05, 0) is 93.3 Å². The first-order valence-corrected chi connectivity index (χ1v) is 17.7. The summed E-state index contributed by atoms with van der Waals surface area (Å²) in [6, 6.07) is 17.3. The van der Waals surface area contributed by atoms with Crippen molar-refractivity contribution in [2.24, 2.45) is 5.73 Å². The molecule has 3 amide bonds. The Balaban J connectivity index is 0.00000106. The fraction of sp³-hybridized carbons (Fsp3) is 0.436. The van der Waals surface area contributed by atoms with Crippen molar-refractivity contribution >= 4 is 29.6 Å². The number of urea groups is 1. The fourth-order valence-electron chi connectivity index (χ4n) is 6.70. The normalized spacial score (nSPS) is 17.2. The summed E-state index contributed by atoms with van der Waals surface area (Å²) >= 11 is 0. The van der Waals surface area contributed by atoms with Crippen LogP contribution in [0.1, 0.15) is 61.5 Å². The quantitative estimate of drug-likeness (QED) is 0.153. The Morgan fingerprint density at radius 3 is 2.11 bits per heavy atom. The van der Waals surface area contributed by atoms with Gasteiger partial charge >= 0.3 is 18.2 Å². The molecule has 4 N–H and O–H groups in total. The van der Waals surface area contributed by atoms with E-state index >= 15 is 0 Å². The maximum atomic E-state index is 14.3. The Kier molecular flexibility index (Phi) is 15.7. The van der Waals surface area contributed by atoms with E-state index in [-0.39, 0.29) is 24.3 Å². The van der Waals surface area contributed by atoms with Crippen LogP contribution in [-0.2, 0) is 27.3 Å². The number of phenolic OH excluding ortho intramolecular Hbond substituents is 1. The molecule has 4 rings (SSSR count). The van der Waals surface area contributed by atoms with Gasteiger partial charge in [0.15, 0.2) is 11.5 Å². The van der Waals surface area contributed by atoms with Gasteiger partial charge in [0.2, 0.25) is 5.91 Å². The number of benzene rings is 3. The van der Waals surface area contributed by atoms with Gasteiger partial charge < -0.3 is 49.7 Å². The van der Waals surface area contributed by atoms with Crippen molar-refractivity contribution in [3.05, 3.63) is 83.4 Å². The van der Waals surface area contributed by atoms with E-state index < -0.39 is 36.1 Å². The molecule has 55 heavy (non-hydrogen) atoms. The van der Waals surface area contributed by atoms with Gasteiger partial charge in [-0.25, -0.2) is 9.59 Å². The lowest BCUT2D eigenvalue weighted by atomic mass is 9.95. The first-order valence-electron chi connectivity index (χ1n) is 17.7. The first kappa shape index (κ1) is 43.9. The number of piperidine rings is 1. The van der Waals surface area contributed by atoms with Gasteiger partial charge in [0, 0.05) is 17.7 Å². The number of methoxy groups -OCH3 is 2. The molecule has 1 saturated heterocycles. The molecule has 1 aliphatic heterocycles. The summed E-state index contributed by atoms with van der Waals surface area (Å²) in [7, 11) is 3.23. The molecule has 1 heterocycles. The van der Waals surface area contributed by atoms with Crippen molar-refractivity contribution in [2.75, 3.05) is 39.2 Å². The molecule has 0 spiro atoms. The van der Waals surface area contributed by atoms with Crippen molar-refractivity contribution in [3.63, 3.8) is 0 Å². The third-order valence-electron chi connectivity index (χ3n) is 9.04. The minimum absolute atomic E-state index is 0.105. The van der Waals surface area contributed by atoms with Crippen LogP contribution in [0.5, 0.6) is 17.2 Å². The molecular weight excluding hydrogens is 725 g/mol. The van der Waals surface area contributed by atoms with Gasteiger partial charge in [0.25, 0.3) is 0 Å². The average Bonchev–Trinajstić information content (AvgIpc) is 3.12. The molecule has 0 radical (unpaired) electrons. The number of alkyl halides is 3. The zero-order chi connectivity index (χ0) is 40.9. The van der Waals surface area contributed by atoms with Gasteiger partial charge in [0.05, 0.1) is 51.6 Å². The molecule has 0 aromatic heterocycles. The Morgan fingerprint density at radius 1 is 0.982 bits per heavy atom. The first-order chi connectivity index (χ1) is 25.9. The second-order valence-electron chi connectivity index (χ2n) is 13.6. The lowest BCUT2D eigenvalue weighted by Crippen LogP contribution is -2.64. The summed E-state index contributed by atoms with van der Waals surface area (Å²) in [5, 5.41) is 21.6. The summed E-state index contributed by atoms with van der Waals surface area (Å²) in [4.78, 5) is 50.3. The van der Waals surface area contributed by atoms with E-state index in [1.54, 1.807) is 81.5 Å². The van der Waals surface area contributed by atoms with E-state index in [9.17, 15) is 32.7 Å². The maximum Gasteiger partial charge on any atom is 0.430 e. The third-order valence-corrected chi connectivity index (χ3v) is 9.04. The number of quaternary nitrogens is 1. The summed E-state index contributed by atoms with van der Waals surface area (Å²) in [6.45, 7) is 8.85. The number of hydrogen-bond donors (Lipinski definition) is 3. The number of nitrogens with zero attached hydrogens (tertiary/aromatic N) is 2. The number of nitrogens with two attached hydrogens (primary N) is 1. The van der Waals surface area contributed by atoms with E-state index in [2.05, 4.69) is 12.2 Å². The standard InChI is InChI=1S/C37H48N4O7.C2HF3O2/c1-6-19-41(23-27-11-18-33(46-4)34(22-27)47-5)20-7-8-30(24-41)40(32(35(38)43)21-26-9-16-31(42)17-10-26)37(45)39-29-14-12-28(13-15-29)36(44)48-25(2)3;3-2(4,5)1(6)7/h9-18,22,25,30,32H,6-8,19-21,23-24H2,1-5H3,(H3-,38,39,42,43,44,45);(H,6,7)/t30-,32+,41?;/m1./s1. The van der Waals surface area contributed by atoms with Crippen molar-refractivity contribution < 1.29 is 61.3 Å². The van der Waals surface area contributed by atoms with Gasteiger partial charge in [-0.3, -0.25) is 4.79 Å². The van der Waals surface area contributed by atoms with Crippen LogP contribution in [0.2, 0.25) is 0 Å². The highest BCUT2D eigenvalue weighted by molar-refractivity contribution is 5.95. The van der Waals surface area contributed by atoms with Crippen LogP contribution in [0, 0.1) is 0 Å². The number of amides is 3. The number of nitrogens with one attached hydrogen (secondary N) is 1. The lowest BCUT2D eigenvalue weighted by Gasteiger charge is -2.48. The number of aliphatic carboxylic acids is 1. The summed E-state index contributed by atoms with van der Waals surface area (Å²) in [5.41, 5.74) is 8.75. The molecule has 1 unspecified atom stereocenters. The third kappa shape index (κ3) is 12.8. The molecule has 1 fully saturated rings.